The van der Waals surface area contributed by atoms with Crippen molar-refractivity contribution in [1.82, 2.24) is 4.98 Å². The molecule has 0 saturated heterocycles. The fraction of sp³-hybridized carbons (Fsp3) is 0.500. The Balaban J connectivity index is 2.20. The van der Waals surface area contributed by atoms with Crippen molar-refractivity contribution >= 4 is 17.4 Å². The summed E-state index contributed by atoms with van der Waals surface area (Å²) in [4.78, 5) is 5.44. The lowest BCUT2D eigenvalue weighted by atomic mass is 10.1. The summed E-state index contributed by atoms with van der Waals surface area (Å²) in [6, 6.07) is 2.66. The van der Waals surface area contributed by atoms with Gasteiger partial charge in [0.15, 0.2) is 0 Å². The first kappa shape index (κ1) is 8.88. The van der Waals surface area contributed by atoms with Crippen LogP contribution < -0.4 is 5.32 Å². The summed E-state index contributed by atoms with van der Waals surface area (Å²) in [6.07, 6.45) is 3.76. The summed E-state index contributed by atoms with van der Waals surface area (Å²) in [5, 5.41) is 3.51. The zero-order valence-electron chi connectivity index (χ0n) is 7.95. The smallest absolute Gasteiger partial charge is 0.0667 e. The van der Waals surface area contributed by atoms with Crippen molar-refractivity contribution in [3.8, 4) is 0 Å². The SMILES string of the molecule is CC(C)C1CSc2ccncc2N1. The van der Waals surface area contributed by atoms with E-state index in [-0.39, 0.29) is 0 Å². The van der Waals surface area contributed by atoms with Gasteiger partial charge in [-0.05, 0) is 12.0 Å². The summed E-state index contributed by atoms with van der Waals surface area (Å²) < 4.78 is 0. The van der Waals surface area contributed by atoms with Crippen molar-refractivity contribution in [2.45, 2.75) is 24.8 Å². The topological polar surface area (TPSA) is 24.9 Å². The number of aromatic nitrogens is 1. The van der Waals surface area contributed by atoms with Crippen LogP contribution in [0.15, 0.2) is 23.4 Å². The number of anilines is 1. The molecule has 0 spiro atoms. The monoisotopic (exact) mass is 194 g/mol. The van der Waals surface area contributed by atoms with Crippen LogP contribution >= 0.6 is 11.8 Å². The molecule has 0 radical (unpaired) electrons. The minimum Gasteiger partial charge on any atom is -0.379 e. The third-order valence-electron chi connectivity index (χ3n) is 2.35. The second kappa shape index (κ2) is 3.58. The zero-order valence-corrected chi connectivity index (χ0v) is 8.77. The number of pyridine rings is 1. The van der Waals surface area contributed by atoms with Crippen LogP contribution in [0.4, 0.5) is 5.69 Å². The predicted octanol–water partition coefficient (Wildman–Crippen LogP) is 2.62. The van der Waals surface area contributed by atoms with E-state index in [1.54, 1.807) is 0 Å². The number of nitrogens with zero attached hydrogens (tertiary/aromatic N) is 1. The number of thioether (sulfide) groups is 1. The van der Waals surface area contributed by atoms with E-state index in [1.807, 2.05) is 24.2 Å². The van der Waals surface area contributed by atoms with Crippen molar-refractivity contribution in [1.29, 1.82) is 0 Å². The Morgan fingerprint density at radius 2 is 2.46 bits per heavy atom. The van der Waals surface area contributed by atoms with Gasteiger partial charge in [-0.1, -0.05) is 13.8 Å². The molecule has 0 aliphatic carbocycles. The second-order valence-corrected chi connectivity index (χ2v) is 4.74. The predicted molar refractivity (Wildman–Crippen MR) is 57.2 cm³/mol. The van der Waals surface area contributed by atoms with E-state index >= 15 is 0 Å². The third-order valence-corrected chi connectivity index (χ3v) is 3.54. The van der Waals surface area contributed by atoms with Crippen LogP contribution in [-0.4, -0.2) is 16.8 Å². The van der Waals surface area contributed by atoms with Gasteiger partial charge in [0.1, 0.15) is 0 Å². The molecular weight excluding hydrogens is 180 g/mol. The van der Waals surface area contributed by atoms with E-state index < -0.39 is 0 Å². The van der Waals surface area contributed by atoms with E-state index in [0.29, 0.717) is 12.0 Å². The van der Waals surface area contributed by atoms with Crippen LogP contribution in [0.5, 0.6) is 0 Å². The molecular formula is C10H14N2S. The first-order chi connectivity index (χ1) is 6.27. The maximum Gasteiger partial charge on any atom is 0.0667 e. The van der Waals surface area contributed by atoms with E-state index in [0.717, 1.165) is 5.75 Å². The number of nitrogens with one attached hydrogen (secondary N) is 1. The van der Waals surface area contributed by atoms with Crippen LogP contribution in [0, 0.1) is 5.92 Å². The van der Waals surface area contributed by atoms with Crippen molar-refractivity contribution in [2.24, 2.45) is 5.92 Å². The van der Waals surface area contributed by atoms with E-state index in [1.165, 1.54) is 10.6 Å². The maximum absolute atomic E-state index is 4.12. The molecule has 2 rings (SSSR count). The van der Waals surface area contributed by atoms with E-state index in [9.17, 15) is 0 Å². The molecule has 0 fully saturated rings. The first-order valence-corrected chi connectivity index (χ1v) is 5.59. The number of fused-ring (bicyclic) bond motifs is 1. The summed E-state index contributed by atoms with van der Waals surface area (Å²) in [5.41, 5.74) is 1.19. The molecule has 2 heterocycles. The normalized spacial score (nSPS) is 21.0. The standard InChI is InChI=1S/C10H14N2S/c1-7(2)9-6-13-10-3-4-11-5-8(10)12-9/h3-5,7,9,12H,6H2,1-2H3. The van der Waals surface area contributed by atoms with Gasteiger partial charge in [-0.2, -0.15) is 0 Å². The summed E-state index contributed by atoms with van der Waals surface area (Å²) in [7, 11) is 0. The van der Waals surface area contributed by atoms with Gasteiger partial charge in [-0.3, -0.25) is 4.98 Å². The Labute approximate surface area is 83.1 Å². The Morgan fingerprint density at radius 1 is 1.62 bits per heavy atom. The van der Waals surface area contributed by atoms with Crippen LogP contribution in [0.3, 0.4) is 0 Å². The van der Waals surface area contributed by atoms with Gasteiger partial charge in [0.2, 0.25) is 0 Å². The highest BCUT2D eigenvalue weighted by Crippen LogP contribution is 2.33. The Morgan fingerprint density at radius 3 is 3.23 bits per heavy atom. The minimum atomic E-state index is 0.585. The second-order valence-electron chi connectivity index (χ2n) is 3.68. The van der Waals surface area contributed by atoms with Gasteiger partial charge >= 0.3 is 0 Å². The van der Waals surface area contributed by atoms with E-state index in [4.69, 9.17) is 0 Å². The molecule has 0 bridgehead atoms. The molecule has 0 aromatic carbocycles. The van der Waals surface area contributed by atoms with Crippen LogP contribution in [0.2, 0.25) is 0 Å². The molecule has 1 atom stereocenters. The molecule has 13 heavy (non-hydrogen) atoms. The molecule has 1 aromatic heterocycles. The average molecular weight is 194 g/mol. The van der Waals surface area contributed by atoms with Crippen molar-refractivity contribution < 1.29 is 0 Å². The summed E-state index contributed by atoms with van der Waals surface area (Å²) in [6.45, 7) is 4.50. The number of hydrogen-bond donors (Lipinski definition) is 1. The highest BCUT2D eigenvalue weighted by Gasteiger charge is 2.20. The molecule has 1 aliphatic heterocycles. The minimum absolute atomic E-state index is 0.585. The molecule has 1 aliphatic rings. The van der Waals surface area contributed by atoms with Crippen LogP contribution in [0.1, 0.15) is 13.8 Å². The fourth-order valence-corrected chi connectivity index (χ4v) is 2.65. The highest BCUT2D eigenvalue weighted by atomic mass is 32.2. The van der Waals surface area contributed by atoms with Crippen molar-refractivity contribution in [3.05, 3.63) is 18.5 Å². The third kappa shape index (κ3) is 1.80. The summed E-state index contributed by atoms with van der Waals surface area (Å²) in [5.74, 6) is 1.84. The van der Waals surface area contributed by atoms with Crippen molar-refractivity contribution in [3.63, 3.8) is 0 Å². The van der Waals surface area contributed by atoms with Gasteiger partial charge in [-0.15, -0.1) is 11.8 Å². The molecule has 1 N–H and O–H groups in total. The lowest BCUT2D eigenvalue weighted by Crippen LogP contribution is -2.30. The molecule has 0 amide bonds. The largest absolute Gasteiger partial charge is 0.379 e. The Bertz CT molecular complexity index is 299. The quantitative estimate of drug-likeness (QED) is 0.744. The molecule has 2 nitrogen and oxygen atoms in total. The van der Waals surface area contributed by atoms with Gasteiger partial charge in [0.05, 0.1) is 11.9 Å². The summed E-state index contributed by atoms with van der Waals surface area (Å²) >= 11 is 1.92. The molecule has 70 valence electrons. The van der Waals surface area contributed by atoms with Crippen molar-refractivity contribution in [2.75, 3.05) is 11.1 Å². The molecule has 0 saturated carbocycles. The number of rotatable bonds is 1. The van der Waals surface area contributed by atoms with Gasteiger partial charge in [-0.25, -0.2) is 0 Å². The molecule has 3 heteroatoms. The first-order valence-electron chi connectivity index (χ1n) is 4.60. The van der Waals surface area contributed by atoms with Gasteiger partial charge in [0, 0.05) is 22.9 Å². The van der Waals surface area contributed by atoms with Crippen LogP contribution in [0.25, 0.3) is 0 Å². The zero-order chi connectivity index (χ0) is 9.26. The molecule has 1 aromatic rings. The lowest BCUT2D eigenvalue weighted by Gasteiger charge is -2.28. The highest BCUT2D eigenvalue weighted by molar-refractivity contribution is 7.99. The Kier molecular flexibility index (Phi) is 2.44. The van der Waals surface area contributed by atoms with Gasteiger partial charge in [0.25, 0.3) is 0 Å². The van der Waals surface area contributed by atoms with E-state index in [2.05, 4.69) is 30.2 Å². The molecule has 1 unspecified atom stereocenters. The number of hydrogen-bond acceptors (Lipinski definition) is 3. The van der Waals surface area contributed by atoms with Crippen LogP contribution in [-0.2, 0) is 0 Å². The lowest BCUT2D eigenvalue weighted by molar-refractivity contribution is 0.562. The fourth-order valence-electron chi connectivity index (χ4n) is 1.40. The maximum atomic E-state index is 4.12. The Hall–Kier alpha value is -0.700. The average Bonchev–Trinajstić information content (AvgIpc) is 2.17. The van der Waals surface area contributed by atoms with Gasteiger partial charge < -0.3 is 5.32 Å².